The molecule has 6 heteroatoms. The van der Waals surface area contributed by atoms with Gasteiger partial charge in [0, 0.05) is 30.4 Å². The number of hydrogen-bond acceptors (Lipinski definition) is 4. The van der Waals surface area contributed by atoms with E-state index in [1.807, 2.05) is 6.20 Å². The van der Waals surface area contributed by atoms with Gasteiger partial charge in [-0.3, -0.25) is 9.58 Å². The maximum atomic E-state index is 4.67. The first-order chi connectivity index (χ1) is 12.9. The highest BCUT2D eigenvalue weighted by atomic mass is 15.4. The van der Waals surface area contributed by atoms with Crippen LogP contribution in [0.1, 0.15) is 61.8 Å². The van der Waals surface area contributed by atoms with Crippen molar-refractivity contribution in [3.8, 4) is 0 Å². The van der Waals surface area contributed by atoms with E-state index in [0.717, 1.165) is 26.1 Å². The molecule has 1 atom stereocenters. The summed E-state index contributed by atoms with van der Waals surface area (Å²) < 4.78 is 4.70. The van der Waals surface area contributed by atoms with Gasteiger partial charge in [-0.1, -0.05) is 18.2 Å². The van der Waals surface area contributed by atoms with Crippen LogP contribution in [0.5, 0.6) is 0 Å². The van der Waals surface area contributed by atoms with Gasteiger partial charge in [-0.25, -0.2) is 0 Å². The normalized spacial score (nSPS) is 23.9. The summed E-state index contributed by atoms with van der Waals surface area (Å²) in [5.74, 6) is 3.12. The van der Waals surface area contributed by atoms with Crippen molar-refractivity contribution < 1.29 is 0 Å². The molecule has 3 aliphatic rings. The van der Waals surface area contributed by atoms with E-state index in [1.165, 1.54) is 48.2 Å². The first-order valence-electron chi connectivity index (χ1n) is 9.95. The number of aromatic nitrogens is 5. The zero-order valence-corrected chi connectivity index (χ0v) is 15.0. The smallest absolute Gasteiger partial charge is 0.147 e. The van der Waals surface area contributed by atoms with Crippen LogP contribution in [0.4, 0.5) is 0 Å². The van der Waals surface area contributed by atoms with Gasteiger partial charge in [-0.2, -0.15) is 5.10 Å². The monoisotopic (exact) mass is 348 g/mol. The van der Waals surface area contributed by atoms with Crippen LogP contribution in [-0.2, 0) is 6.54 Å². The van der Waals surface area contributed by atoms with Crippen LogP contribution in [0.15, 0.2) is 30.5 Å². The zero-order chi connectivity index (χ0) is 17.1. The minimum Gasteiger partial charge on any atom is -0.311 e. The lowest BCUT2D eigenvalue weighted by Gasteiger charge is -2.17. The van der Waals surface area contributed by atoms with E-state index in [4.69, 9.17) is 0 Å². The third-order valence-electron chi connectivity index (χ3n) is 6.11. The Kier molecular flexibility index (Phi) is 3.24. The van der Waals surface area contributed by atoms with Crippen molar-refractivity contribution in [1.82, 2.24) is 29.4 Å². The number of nitrogens with zero attached hydrogens (tertiary/aromatic N) is 6. The molecule has 0 amide bonds. The van der Waals surface area contributed by atoms with Gasteiger partial charge in [0.2, 0.25) is 0 Å². The molecule has 1 aliphatic heterocycles. The van der Waals surface area contributed by atoms with E-state index in [-0.39, 0.29) is 0 Å². The van der Waals surface area contributed by atoms with Gasteiger partial charge in [0.25, 0.3) is 0 Å². The number of hydrogen-bond donors (Lipinski definition) is 0. The highest BCUT2D eigenvalue weighted by Gasteiger charge is 2.37. The Labute approximate surface area is 152 Å². The van der Waals surface area contributed by atoms with E-state index in [2.05, 4.69) is 53.7 Å². The Bertz CT molecular complexity index is 948. The molecule has 3 aromatic rings. The lowest BCUT2D eigenvalue weighted by Crippen LogP contribution is -2.23. The van der Waals surface area contributed by atoms with Gasteiger partial charge in [0.05, 0.1) is 24.3 Å². The quantitative estimate of drug-likeness (QED) is 0.710. The molecule has 1 saturated heterocycles. The van der Waals surface area contributed by atoms with Crippen molar-refractivity contribution in [3.63, 3.8) is 0 Å². The molecule has 2 saturated carbocycles. The molecule has 26 heavy (non-hydrogen) atoms. The van der Waals surface area contributed by atoms with E-state index >= 15 is 0 Å². The summed E-state index contributed by atoms with van der Waals surface area (Å²) in [4.78, 5) is 2.53. The van der Waals surface area contributed by atoms with Gasteiger partial charge >= 0.3 is 0 Å². The van der Waals surface area contributed by atoms with Crippen LogP contribution in [0.3, 0.4) is 0 Å². The molecule has 3 fully saturated rings. The second kappa shape index (κ2) is 5.64. The molecule has 0 spiro atoms. The fourth-order valence-corrected chi connectivity index (χ4v) is 4.43. The molecule has 0 N–H and O–H groups in total. The van der Waals surface area contributed by atoms with E-state index < -0.39 is 0 Å². The van der Waals surface area contributed by atoms with Crippen LogP contribution >= 0.6 is 0 Å². The van der Waals surface area contributed by atoms with Crippen LogP contribution in [0.2, 0.25) is 0 Å². The molecule has 2 aliphatic carbocycles. The minimum absolute atomic E-state index is 0.454. The van der Waals surface area contributed by atoms with Crippen molar-refractivity contribution in [2.75, 3.05) is 13.1 Å². The van der Waals surface area contributed by atoms with E-state index in [1.54, 1.807) is 0 Å². The average Bonchev–Trinajstić information content (AvgIpc) is 3.56. The lowest BCUT2D eigenvalue weighted by molar-refractivity contribution is 0.299. The summed E-state index contributed by atoms with van der Waals surface area (Å²) in [5, 5.41) is 15.0. The zero-order valence-electron chi connectivity index (χ0n) is 15.0. The summed E-state index contributed by atoms with van der Waals surface area (Å²) in [6.45, 7) is 3.07. The Balaban J connectivity index is 1.22. The van der Waals surface area contributed by atoms with E-state index in [9.17, 15) is 0 Å². The molecule has 2 aromatic heterocycles. The molecule has 0 bridgehead atoms. The number of fused-ring (bicyclic) bond motifs is 1. The molecular formula is C20H24N6. The van der Waals surface area contributed by atoms with Crippen molar-refractivity contribution in [1.29, 1.82) is 0 Å². The fourth-order valence-electron chi connectivity index (χ4n) is 4.43. The Hall–Kier alpha value is -2.21. The van der Waals surface area contributed by atoms with Gasteiger partial charge in [-0.05, 0) is 38.2 Å². The maximum Gasteiger partial charge on any atom is 0.147 e. The molecule has 1 aromatic carbocycles. The molecule has 6 rings (SSSR count). The first kappa shape index (κ1) is 14.9. The second-order valence-electron chi connectivity index (χ2n) is 8.18. The number of benzene rings is 1. The summed E-state index contributed by atoms with van der Waals surface area (Å²) in [5.41, 5.74) is 1.25. The third-order valence-corrected chi connectivity index (χ3v) is 6.11. The lowest BCUT2D eigenvalue weighted by atomic mass is 10.2. The topological polar surface area (TPSA) is 51.8 Å². The van der Waals surface area contributed by atoms with E-state index in [0.29, 0.717) is 18.0 Å². The van der Waals surface area contributed by atoms with Crippen molar-refractivity contribution in [3.05, 3.63) is 42.1 Å². The van der Waals surface area contributed by atoms with Crippen LogP contribution < -0.4 is 0 Å². The predicted molar refractivity (Wildman–Crippen MR) is 98.9 cm³/mol. The summed E-state index contributed by atoms with van der Waals surface area (Å²) >= 11 is 0. The van der Waals surface area contributed by atoms with Crippen LogP contribution in [0, 0.1) is 0 Å². The standard InChI is InChI=1S/C20H24N6/c1-2-4-18-15(3-1)11-21-26(18)17-9-10-24(12-17)13-19-22-23-20(14-5-6-14)25(19)16-7-8-16/h1-4,11,14,16-17H,5-10,12-13H2. The molecule has 134 valence electrons. The molecule has 3 heterocycles. The Morgan fingerprint density at radius 2 is 1.85 bits per heavy atom. The van der Waals surface area contributed by atoms with Gasteiger partial charge < -0.3 is 4.57 Å². The number of rotatable bonds is 5. The SMILES string of the molecule is c1ccc2c(c1)cnn2C1CCN(Cc2nnc(C3CC3)n2C2CC2)C1. The molecule has 0 radical (unpaired) electrons. The van der Waals surface area contributed by atoms with Crippen LogP contribution in [0.25, 0.3) is 10.9 Å². The van der Waals surface area contributed by atoms with Crippen molar-refractivity contribution in [2.45, 2.75) is 56.7 Å². The highest BCUT2D eigenvalue weighted by molar-refractivity contribution is 5.78. The third kappa shape index (κ3) is 2.47. The second-order valence-corrected chi connectivity index (χ2v) is 8.18. The highest BCUT2D eigenvalue weighted by Crippen LogP contribution is 2.45. The van der Waals surface area contributed by atoms with Gasteiger partial charge in [0.15, 0.2) is 0 Å². The molecule has 6 nitrogen and oxygen atoms in total. The van der Waals surface area contributed by atoms with Gasteiger partial charge in [0.1, 0.15) is 11.6 Å². The van der Waals surface area contributed by atoms with Crippen molar-refractivity contribution >= 4 is 10.9 Å². The maximum absolute atomic E-state index is 4.67. The first-order valence-corrected chi connectivity index (χ1v) is 9.95. The van der Waals surface area contributed by atoms with Crippen molar-refractivity contribution in [2.24, 2.45) is 0 Å². The Morgan fingerprint density at radius 3 is 2.69 bits per heavy atom. The van der Waals surface area contributed by atoms with Gasteiger partial charge in [-0.15, -0.1) is 10.2 Å². The van der Waals surface area contributed by atoms with Crippen LogP contribution in [-0.4, -0.2) is 42.5 Å². The predicted octanol–water partition coefficient (Wildman–Crippen LogP) is 3.29. The fraction of sp³-hybridized carbons (Fsp3) is 0.550. The largest absolute Gasteiger partial charge is 0.311 e. The number of para-hydroxylation sites is 1. The molecular weight excluding hydrogens is 324 g/mol. The minimum atomic E-state index is 0.454. The Morgan fingerprint density at radius 1 is 0.962 bits per heavy atom. The summed E-state index contributed by atoms with van der Waals surface area (Å²) in [6, 6.07) is 9.63. The average molecular weight is 348 g/mol. The number of likely N-dealkylation sites (tertiary alicyclic amines) is 1. The summed E-state index contributed by atoms with van der Waals surface area (Å²) in [7, 11) is 0. The summed E-state index contributed by atoms with van der Waals surface area (Å²) in [6.07, 6.45) is 8.33. The molecule has 1 unspecified atom stereocenters.